The van der Waals surface area contributed by atoms with Gasteiger partial charge >= 0.3 is 0 Å². The molecule has 0 aliphatic carbocycles. The van der Waals surface area contributed by atoms with Gasteiger partial charge in [-0.05, 0) is 55.5 Å². The zero-order chi connectivity index (χ0) is 19.1. The molecule has 2 aromatic carbocycles. The van der Waals surface area contributed by atoms with E-state index in [1.54, 1.807) is 43.1 Å². The molecule has 6 nitrogen and oxygen atoms in total. The molecule has 0 aliphatic rings. The first-order chi connectivity index (χ1) is 13.2. The van der Waals surface area contributed by atoms with Crippen LogP contribution in [0.3, 0.4) is 0 Å². The number of aromatic nitrogens is 3. The Labute approximate surface area is 162 Å². The fourth-order valence-electron chi connectivity index (χ4n) is 2.55. The Morgan fingerprint density at radius 2 is 1.74 bits per heavy atom. The first-order valence-electron chi connectivity index (χ1n) is 8.58. The van der Waals surface area contributed by atoms with Crippen molar-refractivity contribution in [2.24, 2.45) is 0 Å². The normalized spacial score (nSPS) is 10.4. The van der Waals surface area contributed by atoms with E-state index < -0.39 is 0 Å². The van der Waals surface area contributed by atoms with E-state index in [0.717, 1.165) is 40.3 Å². The van der Waals surface area contributed by atoms with Gasteiger partial charge in [0.1, 0.15) is 11.5 Å². The monoisotopic (exact) mass is 380 g/mol. The lowest BCUT2D eigenvalue weighted by atomic mass is 10.2. The fraction of sp³-hybridized carbons (Fsp3) is 0.250. The van der Waals surface area contributed by atoms with Crippen LogP contribution in [0.2, 0.25) is 0 Å². The van der Waals surface area contributed by atoms with Gasteiger partial charge in [-0.1, -0.05) is 11.8 Å². The molecule has 0 bridgehead atoms. The lowest BCUT2D eigenvalue weighted by molar-refractivity contribution is 0.344. The molecule has 3 rings (SSSR count). The summed E-state index contributed by atoms with van der Waals surface area (Å²) in [5.74, 6) is 3.16. The SMILES string of the molecule is CCn1c(SCCOc2ccc(C#N)cc2)nnc1-c1ccc(OC)cc1. The van der Waals surface area contributed by atoms with Crippen molar-refractivity contribution in [2.45, 2.75) is 18.6 Å². The van der Waals surface area contributed by atoms with Gasteiger partial charge < -0.3 is 14.0 Å². The highest BCUT2D eigenvalue weighted by Crippen LogP contribution is 2.25. The van der Waals surface area contributed by atoms with Crippen molar-refractivity contribution in [3.8, 4) is 29.0 Å². The molecular formula is C20H20N4O2S. The molecule has 0 radical (unpaired) electrons. The topological polar surface area (TPSA) is 73.0 Å². The predicted octanol–water partition coefficient (Wildman–Crippen LogP) is 4.02. The number of rotatable bonds is 8. The lowest BCUT2D eigenvalue weighted by Gasteiger charge is -2.09. The third-order valence-corrected chi connectivity index (χ3v) is 4.88. The zero-order valence-electron chi connectivity index (χ0n) is 15.3. The van der Waals surface area contributed by atoms with Gasteiger partial charge in [-0.15, -0.1) is 10.2 Å². The van der Waals surface area contributed by atoms with Crippen LogP contribution in [-0.4, -0.2) is 34.2 Å². The third kappa shape index (κ3) is 4.60. The van der Waals surface area contributed by atoms with E-state index in [9.17, 15) is 0 Å². The van der Waals surface area contributed by atoms with Gasteiger partial charge in [0, 0.05) is 17.9 Å². The van der Waals surface area contributed by atoms with Crippen molar-refractivity contribution in [1.29, 1.82) is 5.26 Å². The van der Waals surface area contributed by atoms with Gasteiger partial charge in [0.15, 0.2) is 11.0 Å². The van der Waals surface area contributed by atoms with Crippen LogP contribution >= 0.6 is 11.8 Å². The summed E-state index contributed by atoms with van der Waals surface area (Å²) in [6.07, 6.45) is 0. The van der Waals surface area contributed by atoms with Gasteiger partial charge in [-0.2, -0.15) is 5.26 Å². The molecule has 1 heterocycles. The summed E-state index contributed by atoms with van der Waals surface area (Å²) in [5, 5.41) is 18.4. The maximum Gasteiger partial charge on any atom is 0.191 e. The molecule has 0 saturated heterocycles. The largest absolute Gasteiger partial charge is 0.497 e. The van der Waals surface area contributed by atoms with Crippen molar-refractivity contribution in [3.63, 3.8) is 0 Å². The minimum Gasteiger partial charge on any atom is -0.497 e. The van der Waals surface area contributed by atoms with E-state index in [1.807, 2.05) is 24.3 Å². The highest BCUT2D eigenvalue weighted by molar-refractivity contribution is 7.99. The molecule has 7 heteroatoms. The quantitative estimate of drug-likeness (QED) is 0.434. The summed E-state index contributed by atoms with van der Waals surface area (Å²) in [7, 11) is 1.65. The first-order valence-corrected chi connectivity index (χ1v) is 9.57. The van der Waals surface area contributed by atoms with Crippen LogP contribution in [0.5, 0.6) is 11.5 Å². The molecule has 3 aromatic rings. The van der Waals surface area contributed by atoms with E-state index in [-0.39, 0.29) is 0 Å². The number of hydrogen-bond acceptors (Lipinski definition) is 6. The van der Waals surface area contributed by atoms with Gasteiger partial charge in [-0.25, -0.2) is 0 Å². The Balaban J connectivity index is 1.60. The van der Waals surface area contributed by atoms with Crippen LogP contribution in [0.4, 0.5) is 0 Å². The Morgan fingerprint density at radius 3 is 2.37 bits per heavy atom. The highest BCUT2D eigenvalue weighted by atomic mass is 32.2. The number of nitriles is 1. The minimum absolute atomic E-state index is 0.547. The van der Waals surface area contributed by atoms with E-state index in [2.05, 4.69) is 27.8 Å². The standard InChI is InChI=1S/C20H20N4O2S/c1-3-24-19(16-6-10-17(25-2)11-7-16)22-23-20(24)27-13-12-26-18-8-4-15(14-21)5-9-18/h4-11H,3,12-13H2,1-2H3. The second-order valence-corrected chi connectivity index (χ2v) is 6.67. The van der Waals surface area contributed by atoms with Crippen molar-refractivity contribution < 1.29 is 9.47 Å². The van der Waals surface area contributed by atoms with Crippen molar-refractivity contribution in [3.05, 3.63) is 54.1 Å². The molecular weight excluding hydrogens is 360 g/mol. The fourth-order valence-corrected chi connectivity index (χ4v) is 3.37. The van der Waals surface area contributed by atoms with E-state index >= 15 is 0 Å². The summed E-state index contributed by atoms with van der Waals surface area (Å²) in [4.78, 5) is 0. The second-order valence-electron chi connectivity index (χ2n) is 5.61. The summed E-state index contributed by atoms with van der Waals surface area (Å²) in [6, 6.07) is 17.0. The molecule has 0 N–H and O–H groups in total. The molecule has 0 saturated carbocycles. The van der Waals surface area contributed by atoms with Crippen LogP contribution in [0.25, 0.3) is 11.4 Å². The summed E-state index contributed by atoms with van der Waals surface area (Å²) < 4.78 is 13.0. The molecule has 27 heavy (non-hydrogen) atoms. The Hall–Kier alpha value is -2.98. The maximum atomic E-state index is 8.81. The average Bonchev–Trinajstić information content (AvgIpc) is 3.14. The molecule has 0 atom stereocenters. The number of benzene rings is 2. The number of methoxy groups -OCH3 is 1. The average molecular weight is 380 g/mol. The van der Waals surface area contributed by atoms with Crippen LogP contribution in [-0.2, 0) is 6.54 Å². The molecule has 138 valence electrons. The van der Waals surface area contributed by atoms with E-state index in [4.69, 9.17) is 14.7 Å². The summed E-state index contributed by atoms with van der Waals surface area (Å²) in [5.41, 5.74) is 1.63. The number of nitrogens with zero attached hydrogens (tertiary/aromatic N) is 4. The van der Waals surface area contributed by atoms with Crippen LogP contribution in [0, 0.1) is 11.3 Å². The van der Waals surface area contributed by atoms with Crippen LogP contribution in [0.1, 0.15) is 12.5 Å². The first kappa shape index (κ1) is 18.8. The third-order valence-electron chi connectivity index (χ3n) is 3.95. The van der Waals surface area contributed by atoms with Gasteiger partial charge in [-0.3, -0.25) is 0 Å². The zero-order valence-corrected chi connectivity index (χ0v) is 16.1. The Morgan fingerprint density at radius 1 is 1.04 bits per heavy atom. The van der Waals surface area contributed by atoms with Crippen LogP contribution < -0.4 is 9.47 Å². The Bertz CT molecular complexity index is 915. The minimum atomic E-state index is 0.547. The molecule has 0 unspecified atom stereocenters. The van der Waals surface area contributed by atoms with E-state index in [0.29, 0.717) is 12.2 Å². The van der Waals surface area contributed by atoms with Crippen LogP contribution in [0.15, 0.2) is 53.7 Å². The van der Waals surface area contributed by atoms with Gasteiger partial charge in [0.25, 0.3) is 0 Å². The van der Waals surface area contributed by atoms with Gasteiger partial charge in [0.2, 0.25) is 0 Å². The number of hydrogen-bond donors (Lipinski definition) is 0. The highest BCUT2D eigenvalue weighted by Gasteiger charge is 2.13. The van der Waals surface area contributed by atoms with Crippen molar-refractivity contribution >= 4 is 11.8 Å². The lowest BCUT2D eigenvalue weighted by Crippen LogP contribution is -2.03. The van der Waals surface area contributed by atoms with Gasteiger partial charge in [0.05, 0.1) is 25.3 Å². The predicted molar refractivity (Wildman–Crippen MR) is 105 cm³/mol. The molecule has 0 fully saturated rings. The molecule has 0 aliphatic heterocycles. The summed E-state index contributed by atoms with van der Waals surface area (Å²) in [6.45, 7) is 3.41. The van der Waals surface area contributed by atoms with Crippen molar-refractivity contribution in [2.75, 3.05) is 19.5 Å². The number of thioether (sulfide) groups is 1. The molecule has 0 amide bonds. The second kappa shape index (κ2) is 9.10. The summed E-state index contributed by atoms with van der Waals surface area (Å²) >= 11 is 1.61. The number of ether oxygens (including phenoxy) is 2. The molecule has 1 aromatic heterocycles. The smallest absolute Gasteiger partial charge is 0.191 e. The van der Waals surface area contributed by atoms with Crippen molar-refractivity contribution in [1.82, 2.24) is 14.8 Å². The molecule has 0 spiro atoms. The van der Waals surface area contributed by atoms with E-state index in [1.165, 1.54) is 0 Å². The Kier molecular flexibility index (Phi) is 6.34. The maximum absolute atomic E-state index is 8.81.